The van der Waals surface area contributed by atoms with Crippen molar-refractivity contribution in [3.63, 3.8) is 0 Å². The predicted molar refractivity (Wildman–Crippen MR) is 108 cm³/mol. The van der Waals surface area contributed by atoms with Gasteiger partial charge in [-0.15, -0.1) is 11.3 Å². The molecule has 0 bridgehead atoms. The Morgan fingerprint density at radius 2 is 1.66 bits per heavy atom. The second kappa shape index (κ2) is 8.12. The molecule has 3 heterocycles. The van der Waals surface area contributed by atoms with Crippen molar-refractivity contribution < 1.29 is 19.2 Å². The van der Waals surface area contributed by atoms with E-state index in [0.717, 1.165) is 20.1 Å². The first-order valence-electron chi connectivity index (χ1n) is 9.45. The molecule has 150 valence electrons. The molecule has 0 spiro atoms. The Balaban J connectivity index is 1.29. The third kappa shape index (κ3) is 4.19. The summed E-state index contributed by atoms with van der Waals surface area (Å²) in [4.78, 5) is 56.9. The third-order valence-corrected chi connectivity index (χ3v) is 6.07. The van der Waals surface area contributed by atoms with Crippen LogP contribution in [0, 0.1) is 0 Å². The summed E-state index contributed by atoms with van der Waals surface area (Å²) in [6, 6.07) is 7.81. The first-order chi connectivity index (χ1) is 14.0. The Kier molecular flexibility index (Phi) is 5.39. The minimum atomic E-state index is -0.294. The van der Waals surface area contributed by atoms with Crippen LogP contribution in [0.15, 0.2) is 30.3 Å². The van der Waals surface area contributed by atoms with Crippen LogP contribution in [0.25, 0.3) is 16.3 Å². The molecule has 2 fully saturated rings. The van der Waals surface area contributed by atoms with Gasteiger partial charge in [0.1, 0.15) is 11.6 Å². The standard InChI is InChI=1S/C20H20N4O4S/c25-17(6-5-16-21-14-3-1-2-4-15(14)29-16)22-9-11-23(12-10-22)20(28)13-24-18(26)7-8-19(24)27/h1-6H,7-13H2/b6-5+. The lowest BCUT2D eigenvalue weighted by Crippen LogP contribution is -2.52. The van der Waals surface area contributed by atoms with Crippen LogP contribution in [0.4, 0.5) is 0 Å². The van der Waals surface area contributed by atoms with E-state index in [0.29, 0.717) is 26.2 Å². The van der Waals surface area contributed by atoms with Crippen molar-refractivity contribution in [3.8, 4) is 0 Å². The van der Waals surface area contributed by atoms with Gasteiger partial charge in [-0.05, 0) is 18.2 Å². The molecule has 29 heavy (non-hydrogen) atoms. The fourth-order valence-corrected chi connectivity index (χ4v) is 4.29. The molecular weight excluding hydrogens is 392 g/mol. The molecule has 0 N–H and O–H groups in total. The summed E-state index contributed by atoms with van der Waals surface area (Å²) in [5.74, 6) is -0.971. The summed E-state index contributed by atoms with van der Waals surface area (Å²) in [7, 11) is 0. The fourth-order valence-electron chi connectivity index (χ4n) is 3.42. The van der Waals surface area contributed by atoms with Gasteiger partial charge in [0.15, 0.2) is 0 Å². The maximum Gasteiger partial charge on any atom is 0.246 e. The molecule has 8 nitrogen and oxygen atoms in total. The summed E-state index contributed by atoms with van der Waals surface area (Å²) in [6.07, 6.45) is 3.58. The van der Waals surface area contributed by atoms with Crippen LogP contribution in [-0.2, 0) is 19.2 Å². The molecule has 1 aromatic carbocycles. The van der Waals surface area contributed by atoms with Crippen LogP contribution < -0.4 is 0 Å². The smallest absolute Gasteiger partial charge is 0.246 e. The molecular formula is C20H20N4O4S. The number of hydrogen-bond donors (Lipinski definition) is 0. The van der Waals surface area contributed by atoms with Crippen LogP contribution in [0.5, 0.6) is 0 Å². The molecule has 2 aromatic rings. The van der Waals surface area contributed by atoms with E-state index < -0.39 is 0 Å². The van der Waals surface area contributed by atoms with E-state index in [4.69, 9.17) is 0 Å². The number of hydrogen-bond acceptors (Lipinski definition) is 6. The van der Waals surface area contributed by atoms with E-state index in [-0.39, 0.29) is 43.0 Å². The molecule has 4 rings (SSSR count). The van der Waals surface area contributed by atoms with Gasteiger partial charge in [-0.2, -0.15) is 0 Å². The zero-order valence-corrected chi connectivity index (χ0v) is 16.6. The van der Waals surface area contributed by atoms with Crippen molar-refractivity contribution in [1.82, 2.24) is 19.7 Å². The largest absolute Gasteiger partial charge is 0.338 e. The number of para-hydroxylation sites is 1. The molecule has 2 saturated heterocycles. The number of fused-ring (bicyclic) bond motifs is 1. The number of thiazole rings is 1. The molecule has 2 aliphatic heterocycles. The minimum absolute atomic E-state index is 0.124. The average molecular weight is 412 g/mol. The quantitative estimate of drug-likeness (QED) is 0.555. The molecule has 0 atom stereocenters. The number of nitrogens with zero attached hydrogens (tertiary/aromatic N) is 4. The van der Waals surface area contributed by atoms with Crippen molar-refractivity contribution in [2.24, 2.45) is 0 Å². The number of amides is 4. The van der Waals surface area contributed by atoms with Gasteiger partial charge < -0.3 is 9.80 Å². The van der Waals surface area contributed by atoms with Gasteiger partial charge in [-0.25, -0.2) is 4.98 Å². The Labute approximate surface area is 171 Å². The van der Waals surface area contributed by atoms with Crippen LogP contribution in [0.2, 0.25) is 0 Å². The molecule has 2 aliphatic rings. The lowest BCUT2D eigenvalue weighted by molar-refractivity contribution is -0.146. The fraction of sp³-hybridized carbons (Fsp3) is 0.350. The number of aromatic nitrogens is 1. The number of imide groups is 1. The van der Waals surface area contributed by atoms with E-state index in [1.54, 1.807) is 15.9 Å². The van der Waals surface area contributed by atoms with Gasteiger partial charge in [0, 0.05) is 45.1 Å². The highest BCUT2D eigenvalue weighted by atomic mass is 32.1. The highest BCUT2D eigenvalue weighted by Crippen LogP contribution is 2.22. The third-order valence-electron chi connectivity index (χ3n) is 5.07. The van der Waals surface area contributed by atoms with Crippen molar-refractivity contribution in [2.75, 3.05) is 32.7 Å². The monoisotopic (exact) mass is 412 g/mol. The number of rotatable bonds is 4. The number of carbonyl (C=O) groups is 4. The zero-order valence-electron chi connectivity index (χ0n) is 15.7. The van der Waals surface area contributed by atoms with E-state index in [1.807, 2.05) is 24.3 Å². The Morgan fingerprint density at radius 1 is 1.00 bits per heavy atom. The normalized spacial score (nSPS) is 17.7. The number of carbonyl (C=O) groups excluding carboxylic acids is 4. The van der Waals surface area contributed by atoms with Gasteiger partial charge in [0.2, 0.25) is 23.6 Å². The van der Waals surface area contributed by atoms with Crippen LogP contribution >= 0.6 is 11.3 Å². The Morgan fingerprint density at radius 3 is 2.34 bits per heavy atom. The number of benzene rings is 1. The molecule has 0 radical (unpaired) electrons. The van der Waals surface area contributed by atoms with E-state index in [9.17, 15) is 19.2 Å². The Bertz CT molecular complexity index is 958. The molecule has 9 heteroatoms. The number of likely N-dealkylation sites (tertiary alicyclic amines) is 1. The first-order valence-corrected chi connectivity index (χ1v) is 10.3. The molecule has 0 saturated carbocycles. The molecule has 4 amide bonds. The summed E-state index contributed by atoms with van der Waals surface area (Å²) < 4.78 is 1.07. The second-order valence-electron chi connectivity index (χ2n) is 6.93. The van der Waals surface area contributed by atoms with Gasteiger partial charge >= 0.3 is 0 Å². The van der Waals surface area contributed by atoms with Crippen molar-refractivity contribution >= 4 is 51.3 Å². The lowest BCUT2D eigenvalue weighted by atomic mass is 10.3. The van der Waals surface area contributed by atoms with Crippen molar-refractivity contribution in [2.45, 2.75) is 12.8 Å². The minimum Gasteiger partial charge on any atom is -0.338 e. The predicted octanol–water partition coefficient (Wildman–Crippen LogP) is 1.13. The highest BCUT2D eigenvalue weighted by molar-refractivity contribution is 7.19. The maximum atomic E-state index is 12.4. The SMILES string of the molecule is O=C(/C=C/c1nc2ccccc2s1)N1CCN(C(=O)CN2C(=O)CCC2=O)CC1. The summed E-state index contributed by atoms with van der Waals surface area (Å²) in [5.41, 5.74) is 0.909. The Hall–Kier alpha value is -3.07. The van der Waals surface area contributed by atoms with Gasteiger partial charge in [-0.3, -0.25) is 24.1 Å². The van der Waals surface area contributed by atoms with Crippen LogP contribution in [0.1, 0.15) is 17.8 Å². The van der Waals surface area contributed by atoms with Crippen molar-refractivity contribution in [3.05, 3.63) is 35.3 Å². The molecule has 1 aromatic heterocycles. The highest BCUT2D eigenvalue weighted by Gasteiger charge is 2.32. The van der Waals surface area contributed by atoms with E-state index >= 15 is 0 Å². The number of piperazine rings is 1. The summed E-state index contributed by atoms with van der Waals surface area (Å²) in [5, 5.41) is 0.772. The summed E-state index contributed by atoms with van der Waals surface area (Å²) in [6.45, 7) is 1.39. The van der Waals surface area contributed by atoms with Gasteiger partial charge in [-0.1, -0.05) is 12.1 Å². The second-order valence-corrected chi connectivity index (χ2v) is 8.00. The van der Waals surface area contributed by atoms with Gasteiger partial charge in [0.25, 0.3) is 0 Å². The molecule has 0 aliphatic carbocycles. The van der Waals surface area contributed by atoms with Crippen molar-refractivity contribution in [1.29, 1.82) is 0 Å². The van der Waals surface area contributed by atoms with E-state index in [1.165, 1.54) is 17.4 Å². The van der Waals surface area contributed by atoms with Gasteiger partial charge in [0.05, 0.1) is 10.2 Å². The van der Waals surface area contributed by atoms with Crippen LogP contribution in [-0.4, -0.2) is 76.0 Å². The zero-order chi connectivity index (χ0) is 20.4. The first kappa shape index (κ1) is 19.3. The summed E-state index contributed by atoms with van der Waals surface area (Å²) >= 11 is 1.52. The molecule has 0 unspecified atom stereocenters. The van der Waals surface area contributed by atoms with Crippen LogP contribution in [0.3, 0.4) is 0 Å². The lowest BCUT2D eigenvalue weighted by Gasteiger charge is -2.34. The maximum absolute atomic E-state index is 12.4. The van der Waals surface area contributed by atoms with E-state index in [2.05, 4.69) is 4.98 Å². The topological polar surface area (TPSA) is 90.9 Å². The average Bonchev–Trinajstić information content (AvgIpc) is 3.30.